The molecule has 2 aromatic carbocycles. The van der Waals surface area contributed by atoms with E-state index >= 15 is 0 Å². The lowest BCUT2D eigenvalue weighted by molar-refractivity contribution is 0.102. The van der Waals surface area contributed by atoms with Crippen LogP contribution in [0.4, 0.5) is 5.13 Å². The Morgan fingerprint density at radius 2 is 1.91 bits per heavy atom. The summed E-state index contributed by atoms with van der Waals surface area (Å²) in [5.74, 6) is -0.121. The van der Waals surface area contributed by atoms with E-state index in [1.165, 1.54) is 16.2 Å². The maximum absolute atomic E-state index is 12.4. The van der Waals surface area contributed by atoms with E-state index in [9.17, 15) is 4.79 Å². The number of benzene rings is 2. The Morgan fingerprint density at radius 3 is 2.61 bits per heavy atom. The molecular weight excluding hydrogens is 304 g/mol. The van der Waals surface area contributed by atoms with Crippen LogP contribution in [0.25, 0.3) is 11.3 Å². The van der Waals surface area contributed by atoms with E-state index < -0.39 is 0 Å². The molecule has 1 N–H and O–H groups in total. The molecule has 1 aromatic heterocycles. The van der Waals surface area contributed by atoms with Gasteiger partial charge in [-0.2, -0.15) is 0 Å². The Balaban J connectivity index is 1.87. The molecule has 4 heteroatoms. The zero-order valence-electron chi connectivity index (χ0n) is 13.2. The molecule has 1 heterocycles. The van der Waals surface area contributed by atoms with E-state index in [2.05, 4.69) is 17.2 Å². The maximum atomic E-state index is 12.4. The van der Waals surface area contributed by atoms with Crippen LogP contribution in [0, 0.1) is 6.92 Å². The zero-order chi connectivity index (χ0) is 16.2. The fraction of sp³-hybridized carbons (Fsp3) is 0.158. The smallest absolute Gasteiger partial charge is 0.257 e. The molecule has 3 aromatic rings. The summed E-state index contributed by atoms with van der Waals surface area (Å²) >= 11 is 1.54. The van der Waals surface area contributed by atoms with Crippen LogP contribution in [0.1, 0.15) is 27.7 Å². The van der Waals surface area contributed by atoms with Crippen molar-refractivity contribution in [1.82, 2.24) is 4.98 Å². The summed E-state index contributed by atoms with van der Waals surface area (Å²) in [7, 11) is 0. The number of hydrogen-bond donors (Lipinski definition) is 1. The summed E-state index contributed by atoms with van der Waals surface area (Å²) in [4.78, 5) is 18.2. The molecule has 0 atom stereocenters. The van der Waals surface area contributed by atoms with Gasteiger partial charge in [-0.15, -0.1) is 11.3 Å². The van der Waals surface area contributed by atoms with E-state index in [4.69, 9.17) is 0 Å². The number of hydrogen-bond acceptors (Lipinski definition) is 3. The molecule has 23 heavy (non-hydrogen) atoms. The van der Waals surface area contributed by atoms with Gasteiger partial charge in [-0.1, -0.05) is 55.0 Å². The van der Waals surface area contributed by atoms with Gasteiger partial charge in [-0.3, -0.25) is 10.1 Å². The van der Waals surface area contributed by atoms with Crippen molar-refractivity contribution in [2.24, 2.45) is 0 Å². The summed E-state index contributed by atoms with van der Waals surface area (Å²) < 4.78 is 0. The molecule has 3 nitrogen and oxygen atoms in total. The van der Waals surface area contributed by atoms with Crippen molar-refractivity contribution < 1.29 is 4.79 Å². The van der Waals surface area contributed by atoms with Crippen LogP contribution in [0.15, 0.2) is 54.6 Å². The van der Waals surface area contributed by atoms with E-state index in [-0.39, 0.29) is 5.91 Å². The molecule has 116 valence electrons. The molecule has 0 bridgehead atoms. The predicted octanol–water partition coefficient (Wildman–Crippen LogP) is 4.93. The highest BCUT2D eigenvalue weighted by atomic mass is 32.1. The monoisotopic (exact) mass is 322 g/mol. The molecule has 0 unspecified atom stereocenters. The summed E-state index contributed by atoms with van der Waals surface area (Å²) in [6.45, 7) is 4.08. The highest BCUT2D eigenvalue weighted by molar-refractivity contribution is 7.16. The lowest BCUT2D eigenvalue weighted by atomic mass is 10.1. The fourth-order valence-electron chi connectivity index (χ4n) is 2.42. The molecule has 0 aliphatic heterocycles. The number of carbonyl (C=O) groups excluding carboxylic acids is 1. The van der Waals surface area contributed by atoms with Gasteiger partial charge in [0.25, 0.3) is 5.91 Å². The highest BCUT2D eigenvalue weighted by Gasteiger charge is 2.14. The number of aromatic nitrogens is 1. The number of anilines is 1. The minimum Gasteiger partial charge on any atom is -0.298 e. The van der Waals surface area contributed by atoms with Crippen molar-refractivity contribution in [1.29, 1.82) is 0 Å². The van der Waals surface area contributed by atoms with Crippen molar-refractivity contribution in [3.63, 3.8) is 0 Å². The van der Waals surface area contributed by atoms with E-state index in [0.29, 0.717) is 10.7 Å². The maximum Gasteiger partial charge on any atom is 0.257 e. The molecule has 0 fully saturated rings. The van der Waals surface area contributed by atoms with Crippen molar-refractivity contribution in [2.45, 2.75) is 20.3 Å². The Labute approximate surface area is 140 Å². The van der Waals surface area contributed by atoms with Gasteiger partial charge in [0.15, 0.2) is 5.13 Å². The van der Waals surface area contributed by atoms with Crippen LogP contribution < -0.4 is 5.32 Å². The lowest BCUT2D eigenvalue weighted by Gasteiger charge is -2.02. The SMILES string of the molecule is CCc1sc(NC(=O)c2cccc(C)c2)nc1-c1ccccc1. The average molecular weight is 322 g/mol. The van der Waals surface area contributed by atoms with Gasteiger partial charge in [0.05, 0.1) is 5.69 Å². The molecule has 0 radical (unpaired) electrons. The fourth-order valence-corrected chi connectivity index (χ4v) is 3.34. The zero-order valence-corrected chi connectivity index (χ0v) is 14.0. The van der Waals surface area contributed by atoms with Gasteiger partial charge in [0.2, 0.25) is 0 Å². The van der Waals surface area contributed by atoms with Gasteiger partial charge < -0.3 is 0 Å². The first kappa shape index (κ1) is 15.4. The van der Waals surface area contributed by atoms with Gasteiger partial charge >= 0.3 is 0 Å². The Hall–Kier alpha value is -2.46. The molecular formula is C19H18N2OS. The van der Waals surface area contributed by atoms with E-state index in [1.54, 1.807) is 0 Å². The molecule has 0 saturated heterocycles. The second kappa shape index (κ2) is 6.75. The first-order valence-electron chi connectivity index (χ1n) is 7.60. The summed E-state index contributed by atoms with van der Waals surface area (Å²) in [6.07, 6.45) is 0.891. The van der Waals surface area contributed by atoms with Gasteiger partial charge in [0.1, 0.15) is 0 Å². The Morgan fingerprint density at radius 1 is 1.13 bits per heavy atom. The Kier molecular flexibility index (Phi) is 4.53. The normalized spacial score (nSPS) is 10.5. The third kappa shape index (κ3) is 3.48. The van der Waals surface area contributed by atoms with Gasteiger partial charge in [-0.05, 0) is 25.5 Å². The quantitative estimate of drug-likeness (QED) is 0.739. The van der Waals surface area contributed by atoms with Crippen molar-refractivity contribution in [2.75, 3.05) is 5.32 Å². The number of thiazole rings is 1. The standard InChI is InChI=1S/C19H18N2OS/c1-3-16-17(14-9-5-4-6-10-14)20-19(23-16)21-18(22)15-11-7-8-13(2)12-15/h4-12H,3H2,1-2H3,(H,20,21,22). The first-order chi connectivity index (χ1) is 11.2. The Bertz CT molecular complexity index is 824. The van der Waals surface area contributed by atoms with Crippen LogP contribution in [-0.4, -0.2) is 10.9 Å². The second-order valence-electron chi connectivity index (χ2n) is 5.33. The topological polar surface area (TPSA) is 42.0 Å². The molecule has 0 saturated carbocycles. The highest BCUT2D eigenvalue weighted by Crippen LogP contribution is 2.31. The van der Waals surface area contributed by atoms with Crippen LogP contribution in [0.5, 0.6) is 0 Å². The minimum absolute atomic E-state index is 0.121. The number of nitrogens with one attached hydrogen (secondary N) is 1. The molecule has 3 rings (SSSR count). The average Bonchev–Trinajstić information content (AvgIpc) is 2.98. The molecule has 0 aliphatic rings. The van der Waals surface area contributed by atoms with Crippen molar-refractivity contribution in [3.05, 3.63) is 70.6 Å². The third-order valence-corrected chi connectivity index (χ3v) is 4.68. The van der Waals surface area contributed by atoms with E-state index in [0.717, 1.165) is 23.2 Å². The number of rotatable bonds is 4. The van der Waals surface area contributed by atoms with Crippen molar-refractivity contribution in [3.8, 4) is 11.3 Å². The number of aryl methyl sites for hydroxylation is 2. The van der Waals surface area contributed by atoms with Crippen LogP contribution >= 0.6 is 11.3 Å². The summed E-state index contributed by atoms with van der Waals surface area (Å²) in [6, 6.07) is 17.6. The van der Waals surface area contributed by atoms with Gasteiger partial charge in [0, 0.05) is 16.0 Å². The second-order valence-corrected chi connectivity index (χ2v) is 6.42. The lowest BCUT2D eigenvalue weighted by Crippen LogP contribution is -2.11. The van der Waals surface area contributed by atoms with Crippen LogP contribution in [0.3, 0.4) is 0 Å². The number of carbonyl (C=O) groups is 1. The van der Waals surface area contributed by atoms with E-state index in [1.807, 2.05) is 61.5 Å². The van der Waals surface area contributed by atoms with Crippen LogP contribution in [-0.2, 0) is 6.42 Å². The number of nitrogens with zero attached hydrogens (tertiary/aromatic N) is 1. The first-order valence-corrected chi connectivity index (χ1v) is 8.42. The third-order valence-electron chi connectivity index (χ3n) is 3.57. The van der Waals surface area contributed by atoms with Crippen molar-refractivity contribution >= 4 is 22.4 Å². The number of amides is 1. The van der Waals surface area contributed by atoms with Gasteiger partial charge in [-0.25, -0.2) is 4.98 Å². The summed E-state index contributed by atoms with van der Waals surface area (Å²) in [5.41, 5.74) is 3.75. The van der Waals surface area contributed by atoms with Crippen LogP contribution in [0.2, 0.25) is 0 Å². The molecule has 0 aliphatic carbocycles. The minimum atomic E-state index is -0.121. The molecule has 1 amide bonds. The molecule has 0 spiro atoms. The predicted molar refractivity (Wildman–Crippen MR) is 96.1 cm³/mol. The summed E-state index contributed by atoms with van der Waals surface area (Å²) in [5, 5.41) is 3.56. The largest absolute Gasteiger partial charge is 0.298 e.